The maximum Gasteiger partial charge on any atom is 0.392 e. The van der Waals surface area contributed by atoms with Gasteiger partial charge in [0.25, 0.3) is 0 Å². The van der Waals surface area contributed by atoms with Crippen molar-refractivity contribution in [2.24, 2.45) is 11.8 Å². The van der Waals surface area contributed by atoms with Crippen molar-refractivity contribution < 1.29 is 13.2 Å². The van der Waals surface area contributed by atoms with E-state index in [1.807, 2.05) is 6.92 Å². The van der Waals surface area contributed by atoms with Crippen molar-refractivity contribution in [2.75, 3.05) is 7.05 Å². The Hall–Kier alpha value is -0.510. The average molecular weight is 249 g/mol. The maximum absolute atomic E-state index is 13.0. The molecule has 1 nitrogen and oxygen atoms in total. The van der Waals surface area contributed by atoms with Crippen molar-refractivity contribution in [1.82, 2.24) is 5.32 Å². The van der Waals surface area contributed by atoms with Gasteiger partial charge >= 0.3 is 6.18 Å². The second-order valence-corrected chi connectivity index (χ2v) is 5.15. The van der Waals surface area contributed by atoms with Crippen molar-refractivity contribution >= 4 is 0 Å². The van der Waals surface area contributed by atoms with Crippen molar-refractivity contribution in [2.45, 2.75) is 51.2 Å². The first-order valence-electron chi connectivity index (χ1n) is 6.24. The standard InChI is InChI=1S/C13H22F3N/c1-9(2)8-12(17-3)10-6-4-5-7-11(10)13(14,15)16/h10-12,17H,1,4-8H2,2-3H3. The molecule has 0 aromatic heterocycles. The Balaban J connectivity index is 2.78. The normalized spacial score (nSPS) is 27.8. The first-order valence-corrected chi connectivity index (χ1v) is 6.24. The first-order chi connectivity index (χ1) is 7.86. The number of halogens is 3. The molecule has 3 unspecified atom stereocenters. The zero-order valence-corrected chi connectivity index (χ0v) is 10.6. The molecule has 1 saturated carbocycles. The molecule has 1 aliphatic rings. The second-order valence-electron chi connectivity index (χ2n) is 5.15. The van der Waals surface area contributed by atoms with Crippen LogP contribution in [0.3, 0.4) is 0 Å². The number of hydrogen-bond acceptors (Lipinski definition) is 1. The molecule has 17 heavy (non-hydrogen) atoms. The van der Waals surface area contributed by atoms with Gasteiger partial charge in [0.05, 0.1) is 5.92 Å². The molecule has 3 atom stereocenters. The average Bonchev–Trinajstić information content (AvgIpc) is 2.24. The molecule has 0 amide bonds. The highest BCUT2D eigenvalue weighted by atomic mass is 19.4. The van der Waals surface area contributed by atoms with Crippen LogP contribution in [-0.4, -0.2) is 19.3 Å². The summed E-state index contributed by atoms with van der Waals surface area (Å²) in [5.41, 5.74) is 0.941. The molecule has 0 bridgehead atoms. The fourth-order valence-electron chi connectivity index (χ4n) is 2.89. The van der Waals surface area contributed by atoms with Gasteiger partial charge in [0, 0.05) is 6.04 Å². The van der Waals surface area contributed by atoms with Crippen LogP contribution in [0.25, 0.3) is 0 Å². The molecule has 0 aromatic rings. The molecule has 1 fully saturated rings. The molecule has 100 valence electrons. The quantitative estimate of drug-likeness (QED) is 0.745. The topological polar surface area (TPSA) is 12.0 Å². The van der Waals surface area contributed by atoms with E-state index < -0.39 is 12.1 Å². The highest BCUT2D eigenvalue weighted by molar-refractivity contribution is 4.97. The Morgan fingerprint density at radius 3 is 2.41 bits per heavy atom. The van der Waals surface area contributed by atoms with Gasteiger partial charge in [0.1, 0.15) is 0 Å². The first kappa shape index (κ1) is 14.6. The minimum absolute atomic E-state index is 0.0978. The fourth-order valence-corrected chi connectivity index (χ4v) is 2.89. The summed E-state index contributed by atoms with van der Waals surface area (Å²) in [5, 5.41) is 3.04. The van der Waals surface area contributed by atoms with E-state index in [9.17, 15) is 13.2 Å². The monoisotopic (exact) mass is 249 g/mol. The van der Waals surface area contributed by atoms with Crippen molar-refractivity contribution in [3.63, 3.8) is 0 Å². The van der Waals surface area contributed by atoms with Crippen LogP contribution in [0.15, 0.2) is 12.2 Å². The van der Waals surface area contributed by atoms with Gasteiger partial charge in [-0.3, -0.25) is 0 Å². The molecule has 0 aromatic carbocycles. The van der Waals surface area contributed by atoms with Crippen LogP contribution >= 0.6 is 0 Å². The van der Waals surface area contributed by atoms with E-state index >= 15 is 0 Å². The SMILES string of the molecule is C=C(C)CC(NC)C1CCCCC1C(F)(F)F. The zero-order chi connectivity index (χ0) is 13.1. The van der Waals surface area contributed by atoms with Gasteiger partial charge in [-0.2, -0.15) is 13.2 Å². The van der Waals surface area contributed by atoms with Crippen LogP contribution in [0.1, 0.15) is 39.0 Å². The summed E-state index contributed by atoms with van der Waals surface area (Å²) in [7, 11) is 1.75. The number of rotatable bonds is 4. The van der Waals surface area contributed by atoms with E-state index in [-0.39, 0.29) is 18.4 Å². The molecule has 1 rings (SSSR count). The van der Waals surface area contributed by atoms with Gasteiger partial charge in [0.15, 0.2) is 0 Å². The maximum atomic E-state index is 13.0. The Morgan fingerprint density at radius 1 is 1.35 bits per heavy atom. The molecule has 1 aliphatic carbocycles. The summed E-state index contributed by atoms with van der Waals surface area (Å²) in [6.07, 6.45) is -0.871. The largest absolute Gasteiger partial charge is 0.392 e. The minimum atomic E-state index is -4.06. The molecule has 0 radical (unpaired) electrons. The van der Waals surface area contributed by atoms with E-state index in [2.05, 4.69) is 11.9 Å². The van der Waals surface area contributed by atoms with Crippen molar-refractivity contribution in [3.8, 4) is 0 Å². The van der Waals surface area contributed by atoms with Gasteiger partial charge in [-0.25, -0.2) is 0 Å². The van der Waals surface area contributed by atoms with E-state index in [4.69, 9.17) is 0 Å². The van der Waals surface area contributed by atoms with E-state index in [0.717, 1.165) is 12.0 Å². The summed E-state index contributed by atoms with van der Waals surface area (Å²) in [5.74, 6) is -1.45. The predicted octanol–water partition coefficient (Wildman–Crippen LogP) is 3.91. The molecular weight excluding hydrogens is 227 g/mol. The summed E-state index contributed by atoms with van der Waals surface area (Å²) < 4.78 is 38.9. The van der Waals surface area contributed by atoms with E-state index in [1.165, 1.54) is 0 Å². The van der Waals surface area contributed by atoms with Crippen LogP contribution in [0, 0.1) is 11.8 Å². The fraction of sp³-hybridized carbons (Fsp3) is 0.846. The Labute approximate surface area is 101 Å². The summed E-state index contributed by atoms with van der Waals surface area (Å²) in [6, 6.07) is -0.0978. The van der Waals surface area contributed by atoms with E-state index in [1.54, 1.807) is 7.05 Å². The third-order valence-electron chi connectivity index (χ3n) is 3.70. The van der Waals surface area contributed by atoms with Gasteiger partial charge in [-0.15, -0.1) is 6.58 Å². The van der Waals surface area contributed by atoms with Gasteiger partial charge in [-0.1, -0.05) is 18.4 Å². The molecule has 0 saturated heterocycles. The zero-order valence-electron chi connectivity index (χ0n) is 10.6. The summed E-state index contributed by atoms with van der Waals surface area (Å²) >= 11 is 0. The van der Waals surface area contributed by atoms with E-state index in [0.29, 0.717) is 19.3 Å². The number of hydrogen-bond donors (Lipinski definition) is 1. The van der Waals surface area contributed by atoms with Crippen LogP contribution in [0.5, 0.6) is 0 Å². The molecule has 0 heterocycles. The Morgan fingerprint density at radius 2 is 1.94 bits per heavy atom. The number of nitrogens with one attached hydrogen (secondary N) is 1. The molecular formula is C13H22F3N. The van der Waals surface area contributed by atoms with Crippen molar-refractivity contribution in [3.05, 3.63) is 12.2 Å². The highest BCUT2D eigenvalue weighted by Crippen LogP contribution is 2.43. The smallest absolute Gasteiger partial charge is 0.316 e. The molecule has 0 aliphatic heterocycles. The lowest BCUT2D eigenvalue weighted by molar-refractivity contribution is -0.199. The van der Waals surface area contributed by atoms with Crippen LogP contribution in [0.4, 0.5) is 13.2 Å². The highest BCUT2D eigenvalue weighted by Gasteiger charge is 2.47. The molecule has 4 heteroatoms. The Bertz CT molecular complexity index is 260. The lowest BCUT2D eigenvalue weighted by Crippen LogP contribution is -2.44. The van der Waals surface area contributed by atoms with Crippen LogP contribution in [-0.2, 0) is 0 Å². The lowest BCUT2D eigenvalue weighted by atomic mass is 9.73. The second kappa shape index (κ2) is 5.89. The lowest BCUT2D eigenvalue weighted by Gasteiger charge is -2.38. The third-order valence-corrected chi connectivity index (χ3v) is 3.70. The third kappa shape index (κ3) is 4.02. The molecule has 1 N–H and O–H groups in total. The van der Waals surface area contributed by atoms with Crippen molar-refractivity contribution in [1.29, 1.82) is 0 Å². The predicted molar refractivity (Wildman–Crippen MR) is 63.8 cm³/mol. The van der Waals surface area contributed by atoms with Crippen LogP contribution in [0.2, 0.25) is 0 Å². The Kier molecular flexibility index (Phi) is 5.04. The minimum Gasteiger partial charge on any atom is -0.316 e. The molecule has 0 spiro atoms. The summed E-state index contributed by atoms with van der Waals surface area (Å²) in [6.45, 7) is 5.67. The van der Waals surface area contributed by atoms with Gasteiger partial charge in [-0.05, 0) is 39.2 Å². The van der Waals surface area contributed by atoms with Gasteiger partial charge in [0.2, 0.25) is 0 Å². The van der Waals surface area contributed by atoms with Gasteiger partial charge < -0.3 is 5.32 Å². The number of alkyl halides is 3. The van der Waals surface area contributed by atoms with Crippen LogP contribution < -0.4 is 5.32 Å². The summed E-state index contributed by atoms with van der Waals surface area (Å²) in [4.78, 5) is 0.